The summed E-state index contributed by atoms with van der Waals surface area (Å²) in [6.07, 6.45) is 5.99. The fraction of sp³-hybridized carbons (Fsp3) is 0.545. The van der Waals surface area contributed by atoms with Gasteiger partial charge in [0.2, 0.25) is 0 Å². The lowest BCUT2D eigenvalue weighted by Gasteiger charge is -2.26. The van der Waals surface area contributed by atoms with Crippen molar-refractivity contribution in [2.45, 2.75) is 18.2 Å². The van der Waals surface area contributed by atoms with Crippen LogP contribution in [0.4, 0.5) is 0 Å². The zero-order valence-electron chi connectivity index (χ0n) is 8.80. The van der Waals surface area contributed by atoms with Crippen molar-refractivity contribution in [3.05, 3.63) is 23.5 Å². The van der Waals surface area contributed by atoms with Gasteiger partial charge < -0.3 is 4.74 Å². The first-order chi connectivity index (χ1) is 7.83. The van der Waals surface area contributed by atoms with E-state index in [0.29, 0.717) is 5.92 Å². The van der Waals surface area contributed by atoms with Crippen LogP contribution in [0.25, 0.3) is 4.96 Å². The van der Waals surface area contributed by atoms with E-state index in [0.717, 1.165) is 36.7 Å². The van der Waals surface area contributed by atoms with Crippen LogP contribution in [-0.4, -0.2) is 28.0 Å². The van der Waals surface area contributed by atoms with Gasteiger partial charge in [-0.05, 0) is 12.8 Å². The third-order valence-electron chi connectivity index (χ3n) is 3.00. The third-order valence-corrected chi connectivity index (χ3v) is 4.34. The van der Waals surface area contributed by atoms with Crippen LogP contribution in [0.15, 0.2) is 17.8 Å². The van der Waals surface area contributed by atoms with Crippen molar-refractivity contribution in [2.24, 2.45) is 5.92 Å². The maximum Gasteiger partial charge on any atom is 0.193 e. The molecule has 0 saturated carbocycles. The number of thiazole rings is 1. The average molecular weight is 257 g/mol. The highest BCUT2D eigenvalue weighted by Gasteiger charge is 2.24. The van der Waals surface area contributed by atoms with E-state index in [4.69, 9.17) is 16.3 Å². The largest absolute Gasteiger partial charge is 0.381 e. The van der Waals surface area contributed by atoms with Gasteiger partial charge in [-0.15, -0.1) is 22.9 Å². The number of hydrogen-bond acceptors (Lipinski definition) is 3. The van der Waals surface area contributed by atoms with Crippen molar-refractivity contribution in [1.29, 1.82) is 0 Å². The number of hydrogen-bond donors (Lipinski definition) is 0. The van der Waals surface area contributed by atoms with E-state index in [9.17, 15) is 0 Å². The van der Waals surface area contributed by atoms with Crippen LogP contribution in [0.1, 0.15) is 12.1 Å². The van der Waals surface area contributed by atoms with E-state index in [2.05, 4.69) is 15.6 Å². The summed E-state index contributed by atoms with van der Waals surface area (Å²) < 4.78 is 7.53. The molecule has 3 heterocycles. The molecule has 0 N–H and O–H groups in total. The second-order valence-corrected chi connectivity index (χ2v) is 5.60. The number of fused-ring (bicyclic) bond motifs is 1. The SMILES string of the molecule is ClC1CCOCC1Cc1cn2ccsc2n1. The number of imidazole rings is 1. The van der Waals surface area contributed by atoms with Crippen molar-refractivity contribution in [3.8, 4) is 0 Å². The first-order valence-corrected chi connectivity index (χ1v) is 6.77. The van der Waals surface area contributed by atoms with E-state index >= 15 is 0 Å². The van der Waals surface area contributed by atoms with Crippen LogP contribution in [0.5, 0.6) is 0 Å². The lowest BCUT2D eigenvalue weighted by Crippen LogP contribution is -2.29. The molecule has 1 fully saturated rings. The highest BCUT2D eigenvalue weighted by Crippen LogP contribution is 2.24. The lowest BCUT2D eigenvalue weighted by molar-refractivity contribution is 0.0575. The Morgan fingerprint density at radius 2 is 2.56 bits per heavy atom. The van der Waals surface area contributed by atoms with E-state index in [-0.39, 0.29) is 5.38 Å². The van der Waals surface area contributed by atoms with Gasteiger partial charge in [-0.2, -0.15) is 0 Å². The molecule has 0 spiro atoms. The molecule has 2 aromatic heterocycles. The summed E-state index contributed by atoms with van der Waals surface area (Å²) in [7, 11) is 0. The minimum atomic E-state index is 0.230. The second-order valence-electron chi connectivity index (χ2n) is 4.17. The molecule has 0 amide bonds. The molecule has 1 aliphatic rings. The van der Waals surface area contributed by atoms with Crippen molar-refractivity contribution in [1.82, 2.24) is 9.38 Å². The van der Waals surface area contributed by atoms with Gasteiger partial charge >= 0.3 is 0 Å². The van der Waals surface area contributed by atoms with Gasteiger partial charge in [0.15, 0.2) is 4.96 Å². The summed E-state index contributed by atoms with van der Waals surface area (Å²) in [5.74, 6) is 0.403. The van der Waals surface area contributed by atoms with E-state index in [1.54, 1.807) is 11.3 Å². The summed E-state index contributed by atoms with van der Waals surface area (Å²) in [6, 6.07) is 0. The molecule has 16 heavy (non-hydrogen) atoms. The lowest BCUT2D eigenvalue weighted by atomic mass is 9.97. The van der Waals surface area contributed by atoms with Crippen LogP contribution in [0.3, 0.4) is 0 Å². The Balaban J connectivity index is 1.76. The predicted octanol–water partition coefficient (Wildman–Crippen LogP) is 2.58. The minimum absolute atomic E-state index is 0.230. The molecule has 3 nitrogen and oxygen atoms in total. The molecule has 2 aromatic rings. The normalized spacial score (nSPS) is 26.3. The fourth-order valence-corrected chi connectivity index (χ4v) is 3.07. The summed E-state index contributed by atoms with van der Waals surface area (Å²) in [4.78, 5) is 5.62. The summed E-state index contributed by atoms with van der Waals surface area (Å²) in [5, 5.41) is 2.27. The van der Waals surface area contributed by atoms with Crippen LogP contribution in [0.2, 0.25) is 0 Å². The predicted molar refractivity (Wildman–Crippen MR) is 65.3 cm³/mol. The summed E-state index contributed by atoms with van der Waals surface area (Å²) >= 11 is 7.95. The molecule has 1 aliphatic heterocycles. The van der Waals surface area contributed by atoms with E-state index in [1.165, 1.54) is 0 Å². The quantitative estimate of drug-likeness (QED) is 0.772. The molecule has 0 radical (unpaired) electrons. The van der Waals surface area contributed by atoms with E-state index in [1.807, 2.05) is 11.6 Å². The maximum atomic E-state index is 6.29. The Bertz CT molecular complexity index is 452. The number of alkyl halides is 1. The number of halogens is 1. The van der Waals surface area contributed by atoms with Crippen LogP contribution in [0, 0.1) is 5.92 Å². The minimum Gasteiger partial charge on any atom is -0.381 e. The van der Waals surface area contributed by atoms with Gasteiger partial charge in [0, 0.05) is 35.7 Å². The van der Waals surface area contributed by atoms with Crippen LogP contribution in [-0.2, 0) is 11.2 Å². The highest BCUT2D eigenvalue weighted by atomic mass is 35.5. The molecular weight excluding hydrogens is 244 g/mol. The molecule has 2 atom stereocenters. The molecule has 3 rings (SSSR count). The van der Waals surface area contributed by atoms with Gasteiger partial charge in [-0.25, -0.2) is 4.98 Å². The Morgan fingerprint density at radius 1 is 1.62 bits per heavy atom. The Kier molecular flexibility index (Phi) is 2.88. The van der Waals surface area contributed by atoms with Crippen molar-refractivity contribution in [3.63, 3.8) is 0 Å². The molecule has 5 heteroatoms. The number of aromatic nitrogens is 2. The average Bonchev–Trinajstić information content (AvgIpc) is 2.81. The molecular formula is C11H13ClN2OS. The Morgan fingerprint density at radius 3 is 3.38 bits per heavy atom. The fourth-order valence-electron chi connectivity index (χ4n) is 2.10. The smallest absolute Gasteiger partial charge is 0.193 e. The standard InChI is InChI=1S/C11H13ClN2OS/c12-10-1-3-15-7-8(10)5-9-6-14-2-4-16-11(14)13-9/h2,4,6,8,10H,1,3,5,7H2. The van der Waals surface area contributed by atoms with Crippen LogP contribution < -0.4 is 0 Å². The zero-order chi connectivity index (χ0) is 11.0. The Labute approximate surface area is 103 Å². The number of ether oxygens (including phenoxy) is 1. The summed E-state index contributed by atoms with van der Waals surface area (Å²) in [5.41, 5.74) is 1.12. The highest BCUT2D eigenvalue weighted by molar-refractivity contribution is 7.15. The topological polar surface area (TPSA) is 26.5 Å². The molecule has 0 aromatic carbocycles. The van der Waals surface area contributed by atoms with Gasteiger partial charge in [0.05, 0.1) is 12.3 Å². The summed E-state index contributed by atoms with van der Waals surface area (Å²) in [6.45, 7) is 1.56. The molecule has 2 unspecified atom stereocenters. The van der Waals surface area contributed by atoms with E-state index < -0.39 is 0 Å². The second kappa shape index (κ2) is 4.35. The number of rotatable bonds is 2. The van der Waals surface area contributed by atoms with Gasteiger partial charge in [-0.3, -0.25) is 4.40 Å². The van der Waals surface area contributed by atoms with Crippen molar-refractivity contribution in [2.75, 3.05) is 13.2 Å². The first-order valence-electron chi connectivity index (χ1n) is 5.46. The van der Waals surface area contributed by atoms with Crippen molar-refractivity contribution >= 4 is 27.9 Å². The zero-order valence-corrected chi connectivity index (χ0v) is 10.4. The number of nitrogens with zero attached hydrogens (tertiary/aromatic N) is 2. The van der Waals surface area contributed by atoms with Gasteiger partial charge in [0.1, 0.15) is 0 Å². The first kappa shape index (κ1) is 10.6. The molecule has 86 valence electrons. The van der Waals surface area contributed by atoms with Crippen LogP contribution >= 0.6 is 22.9 Å². The van der Waals surface area contributed by atoms with Crippen molar-refractivity contribution < 1.29 is 4.74 Å². The molecule has 0 aliphatic carbocycles. The Hall–Kier alpha value is -0.580. The van der Waals surface area contributed by atoms with Gasteiger partial charge in [-0.1, -0.05) is 0 Å². The van der Waals surface area contributed by atoms with Gasteiger partial charge in [0.25, 0.3) is 0 Å². The monoisotopic (exact) mass is 256 g/mol. The molecule has 0 bridgehead atoms. The maximum absolute atomic E-state index is 6.29. The molecule has 1 saturated heterocycles. The third kappa shape index (κ3) is 1.97.